The van der Waals surface area contributed by atoms with E-state index in [0.717, 1.165) is 17.2 Å². The molecule has 0 spiro atoms. The van der Waals surface area contributed by atoms with E-state index in [4.69, 9.17) is 4.99 Å². The van der Waals surface area contributed by atoms with Crippen LogP contribution in [-0.4, -0.2) is 16.8 Å². The zero-order valence-corrected chi connectivity index (χ0v) is 12.1. The minimum atomic E-state index is 0.415. The van der Waals surface area contributed by atoms with Crippen LogP contribution in [0.1, 0.15) is 11.1 Å². The second-order valence-electron chi connectivity index (χ2n) is 4.87. The van der Waals surface area contributed by atoms with Crippen LogP contribution in [0.25, 0.3) is 6.08 Å². The smallest absolute Gasteiger partial charge is 0.0909 e. The summed E-state index contributed by atoms with van der Waals surface area (Å²) in [6, 6.07) is 21.4. The van der Waals surface area contributed by atoms with Gasteiger partial charge in [-0.15, -0.1) is 11.8 Å². The third-order valence-electron chi connectivity index (χ3n) is 3.27. The molecule has 1 aliphatic heterocycles. The molecule has 1 heterocycles. The van der Waals surface area contributed by atoms with Crippen molar-refractivity contribution in [1.82, 2.24) is 0 Å². The van der Waals surface area contributed by atoms with Crippen LogP contribution in [0.15, 0.2) is 71.7 Å². The fourth-order valence-corrected chi connectivity index (χ4v) is 3.19. The molecule has 2 aromatic carbocycles. The van der Waals surface area contributed by atoms with E-state index in [2.05, 4.69) is 66.7 Å². The van der Waals surface area contributed by atoms with Gasteiger partial charge in [0.05, 0.1) is 11.1 Å². The van der Waals surface area contributed by atoms with Gasteiger partial charge in [0.25, 0.3) is 0 Å². The summed E-state index contributed by atoms with van der Waals surface area (Å²) in [5.41, 5.74) is 2.59. The molecule has 0 N–H and O–H groups in total. The van der Waals surface area contributed by atoms with Gasteiger partial charge in [0, 0.05) is 5.75 Å². The van der Waals surface area contributed by atoms with E-state index < -0.39 is 0 Å². The Bertz CT molecular complexity index is 602. The fraction of sp³-hybridized carbons (Fsp3) is 0.167. The topological polar surface area (TPSA) is 12.4 Å². The summed E-state index contributed by atoms with van der Waals surface area (Å²) in [5, 5.41) is 1.15. The maximum absolute atomic E-state index is 4.79. The Morgan fingerprint density at radius 3 is 2.40 bits per heavy atom. The number of aliphatic imine (C=N–C) groups is 1. The van der Waals surface area contributed by atoms with Gasteiger partial charge in [-0.3, -0.25) is 4.99 Å². The van der Waals surface area contributed by atoms with Gasteiger partial charge in [0.1, 0.15) is 0 Å². The lowest BCUT2D eigenvalue weighted by molar-refractivity contribution is 0.763. The Morgan fingerprint density at radius 2 is 1.65 bits per heavy atom. The van der Waals surface area contributed by atoms with Crippen molar-refractivity contribution < 1.29 is 0 Å². The highest BCUT2D eigenvalue weighted by Gasteiger charge is 2.16. The number of nitrogens with zero attached hydrogens (tertiary/aromatic N) is 1. The second-order valence-corrected chi connectivity index (χ2v) is 5.91. The molecule has 0 saturated carbocycles. The first kappa shape index (κ1) is 13.2. The van der Waals surface area contributed by atoms with E-state index >= 15 is 0 Å². The zero-order valence-electron chi connectivity index (χ0n) is 11.3. The number of benzene rings is 2. The third kappa shape index (κ3) is 3.61. The van der Waals surface area contributed by atoms with Gasteiger partial charge in [-0.1, -0.05) is 66.7 Å². The summed E-state index contributed by atoms with van der Waals surface area (Å²) in [5.74, 6) is 1.09. The van der Waals surface area contributed by atoms with Crippen molar-refractivity contribution in [2.45, 2.75) is 12.5 Å². The molecule has 2 heteroatoms. The number of rotatable bonds is 4. The van der Waals surface area contributed by atoms with E-state index in [0.29, 0.717) is 6.04 Å². The Labute approximate surface area is 124 Å². The van der Waals surface area contributed by atoms with Gasteiger partial charge in [0.2, 0.25) is 0 Å². The van der Waals surface area contributed by atoms with Crippen LogP contribution in [0, 0.1) is 0 Å². The predicted octanol–water partition coefficient (Wildman–Crippen LogP) is 4.46. The number of thioether (sulfide) groups is 1. The van der Waals surface area contributed by atoms with E-state index in [1.807, 2.05) is 17.8 Å². The lowest BCUT2D eigenvalue weighted by atomic mass is 10.1. The SMILES string of the molecule is C(=C\c1ccccc1)/C1=N[C@@H](Cc2ccccc2)CS1. The number of hydrogen-bond acceptors (Lipinski definition) is 2. The molecule has 1 atom stereocenters. The van der Waals surface area contributed by atoms with E-state index in [1.54, 1.807) is 0 Å². The first-order valence-electron chi connectivity index (χ1n) is 6.88. The molecule has 0 unspecified atom stereocenters. The maximum atomic E-state index is 4.79. The molecule has 0 fully saturated rings. The van der Waals surface area contributed by atoms with Crippen molar-refractivity contribution in [1.29, 1.82) is 0 Å². The summed E-state index contributed by atoms with van der Waals surface area (Å²) in [6.45, 7) is 0. The van der Waals surface area contributed by atoms with Crippen molar-refractivity contribution in [3.8, 4) is 0 Å². The first-order valence-corrected chi connectivity index (χ1v) is 7.86. The molecule has 0 amide bonds. The summed E-state index contributed by atoms with van der Waals surface area (Å²) in [7, 11) is 0. The Balaban J connectivity index is 1.62. The molecule has 1 nitrogen and oxygen atoms in total. The molecule has 0 aromatic heterocycles. The van der Waals surface area contributed by atoms with E-state index in [1.165, 1.54) is 11.1 Å². The highest BCUT2D eigenvalue weighted by Crippen LogP contribution is 2.22. The molecule has 3 rings (SSSR count). The molecule has 1 aliphatic rings. The molecule has 100 valence electrons. The molecule has 0 aliphatic carbocycles. The summed E-state index contributed by atoms with van der Waals surface area (Å²) in [4.78, 5) is 4.79. The summed E-state index contributed by atoms with van der Waals surface area (Å²) in [6.07, 6.45) is 5.30. The highest BCUT2D eigenvalue weighted by atomic mass is 32.2. The van der Waals surface area contributed by atoms with Gasteiger partial charge in [-0.2, -0.15) is 0 Å². The molecule has 0 radical (unpaired) electrons. The van der Waals surface area contributed by atoms with Gasteiger partial charge < -0.3 is 0 Å². The first-order chi connectivity index (χ1) is 9.90. The maximum Gasteiger partial charge on any atom is 0.0909 e. The minimum absolute atomic E-state index is 0.415. The number of hydrogen-bond donors (Lipinski definition) is 0. The third-order valence-corrected chi connectivity index (χ3v) is 4.35. The average Bonchev–Trinajstić information content (AvgIpc) is 2.95. The highest BCUT2D eigenvalue weighted by molar-refractivity contribution is 8.14. The van der Waals surface area contributed by atoms with Crippen LogP contribution >= 0.6 is 11.8 Å². The van der Waals surface area contributed by atoms with Crippen LogP contribution in [-0.2, 0) is 6.42 Å². The summed E-state index contributed by atoms with van der Waals surface area (Å²) < 4.78 is 0. The molecule has 0 saturated heterocycles. The van der Waals surface area contributed by atoms with Crippen LogP contribution in [0.2, 0.25) is 0 Å². The van der Waals surface area contributed by atoms with Gasteiger partial charge >= 0.3 is 0 Å². The van der Waals surface area contributed by atoms with E-state index in [9.17, 15) is 0 Å². The average molecular weight is 279 g/mol. The van der Waals surface area contributed by atoms with Crippen LogP contribution in [0.4, 0.5) is 0 Å². The van der Waals surface area contributed by atoms with Crippen LogP contribution < -0.4 is 0 Å². The second kappa shape index (κ2) is 6.58. The van der Waals surface area contributed by atoms with Crippen molar-refractivity contribution >= 4 is 22.9 Å². The van der Waals surface area contributed by atoms with Crippen molar-refractivity contribution in [3.63, 3.8) is 0 Å². The standard InChI is InChI=1S/C18H17NS/c1-3-7-15(8-4-1)11-12-18-19-17(14-20-18)13-16-9-5-2-6-10-16/h1-12,17H,13-14H2/b12-11+/t17-/m0/s1. The van der Waals surface area contributed by atoms with Crippen molar-refractivity contribution in [2.75, 3.05) is 5.75 Å². The summed E-state index contributed by atoms with van der Waals surface area (Å²) >= 11 is 1.85. The Hall–Kier alpha value is -1.80. The quantitative estimate of drug-likeness (QED) is 0.805. The molecular weight excluding hydrogens is 262 g/mol. The molecule has 0 bridgehead atoms. The lowest BCUT2D eigenvalue weighted by Crippen LogP contribution is -2.07. The molecular formula is C18H17NS. The Kier molecular flexibility index (Phi) is 4.34. The van der Waals surface area contributed by atoms with Crippen LogP contribution in [0.3, 0.4) is 0 Å². The van der Waals surface area contributed by atoms with Gasteiger partial charge in [-0.05, 0) is 23.6 Å². The van der Waals surface area contributed by atoms with Gasteiger partial charge in [0.15, 0.2) is 0 Å². The van der Waals surface area contributed by atoms with E-state index in [-0.39, 0.29) is 0 Å². The van der Waals surface area contributed by atoms with Crippen molar-refractivity contribution in [2.24, 2.45) is 4.99 Å². The fourth-order valence-electron chi connectivity index (χ4n) is 2.25. The Morgan fingerprint density at radius 1 is 0.950 bits per heavy atom. The zero-order chi connectivity index (χ0) is 13.6. The van der Waals surface area contributed by atoms with Crippen molar-refractivity contribution in [3.05, 3.63) is 77.9 Å². The minimum Gasteiger partial charge on any atom is -0.274 e. The normalized spacial score (nSPS) is 18.4. The monoisotopic (exact) mass is 279 g/mol. The van der Waals surface area contributed by atoms with Crippen LogP contribution in [0.5, 0.6) is 0 Å². The molecule has 2 aromatic rings. The van der Waals surface area contributed by atoms with Gasteiger partial charge in [-0.25, -0.2) is 0 Å². The molecule has 20 heavy (non-hydrogen) atoms. The lowest BCUT2D eigenvalue weighted by Gasteiger charge is -2.04. The largest absolute Gasteiger partial charge is 0.274 e. The predicted molar refractivity (Wildman–Crippen MR) is 89.3 cm³/mol.